The first kappa shape index (κ1) is 16.8. The third kappa shape index (κ3) is 4.47. The third-order valence-electron chi connectivity index (χ3n) is 2.73. The van der Waals surface area contributed by atoms with Crippen LogP contribution in [0.5, 0.6) is 0 Å². The fraction of sp³-hybridized carbons (Fsp3) is 0.0667. The van der Waals surface area contributed by atoms with Gasteiger partial charge < -0.3 is 10.6 Å². The van der Waals surface area contributed by atoms with Gasteiger partial charge in [0.25, 0.3) is 5.91 Å². The molecule has 0 saturated carbocycles. The summed E-state index contributed by atoms with van der Waals surface area (Å²) in [5.74, 6) is -0.746. The number of carbonyl (C=O) groups excluding carboxylic acids is 2. The van der Waals surface area contributed by atoms with Crippen molar-refractivity contribution in [3.63, 3.8) is 0 Å². The fourth-order valence-electron chi connectivity index (χ4n) is 1.69. The standard InChI is InChI=1S/C15H11BrCl2N2O2/c16-11-4-2-1-3-10(11)15(22)19-8-14(21)20-13-7-9(17)5-6-12(13)18/h1-7H,8H2,(H,19,22)(H,20,21). The van der Waals surface area contributed by atoms with E-state index in [1.54, 1.807) is 36.4 Å². The molecule has 0 spiro atoms. The number of rotatable bonds is 4. The number of amides is 2. The van der Waals surface area contributed by atoms with Crippen LogP contribution in [0.4, 0.5) is 5.69 Å². The van der Waals surface area contributed by atoms with Gasteiger partial charge in [-0.2, -0.15) is 0 Å². The van der Waals surface area contributed by atoms with Crippen LogP contribution in [-0.2, 0) is 4.79 Å². The zero-order valence-corrected chi connectivity index (χ0v) is 14.3. The van der Waals surface area contributed by atoms with Crippen LogP contribution in [0.2, 0.25) is 10.0 Å². The maximum Gasteiger partial charge on any atom is 0.252 e. The number of carbonyl (C=O) groups is 2. The first-order valence-electron chi connectivity index (χ1n) is 6.25. The van der Waals surface area contributed by atoms with Crippen LogP contribution >= 0.6 is 39.1 Å². The molecular weight excluding hydrogens is 391 g/mol. The predicted octanol–water partition coefficient (Wildman–Crippen LogP) is 4.12. The molecule has 0 heterocycles. The van der Waals surface area contributed by atoms with Gasteiger partial charge in [-0.15, -0.1) is 0 Å². The highest BCUT2D eigenvalue weighted by Gasteiger charge is 2.11. The molecule has 2 rings (SSSR count). The molecule has 22 heavy (non-hydrogen) atoms. The molecule has 2 amide bonds. The average molecular weight is 402 g/mol. The van der Waals surface area contributed by atoms with Crippen molar-refractivity contribution in [1.29, 1.82) is 0 Å². The van der Waals surface area contributed by atoms with E-state index < -0.39 is 5.91 Å². The monoisotopic (exact) mass is 400 g/mol. The molecule has 0 aliphatic heterocycles. The highest BCUT2D eigenvalue weighted by molar-refractivity contribution is 9.10. The lowest BCUT2D eigenvalue weighted by Gasteiger charge is -2.09. The minimum atomic E-state index is -0.399. The SMILES string of the molecule is O=C(CNC(=O)c1ccccc1Br)Nc1cc(Cl)ccc1Cl. The predicted molar refractivity (Wildman–Crippen MR) is 91.6 cm³/mol. The molecule has 0 atom stereocenters. The Morgan fingerprint density at radius 1 is 1.09 bits per heavy atom. The number of anilines is 1. The van der Waals surface area contributed by atoms with Crippen LogP contribution in [-0.4, -0.2) is 18.4 Å². The Balaban J connectivity index is 1.94. The summed E-state index contributed by atoms with van der Waals surface area (Å²) in [6.45, 7) is -0.178. The number of hydrogen-bond donors (Lipinski definition) is 2. The molecule has 0 aliphatic rings. The Morgan fingerprint density at radius 3 is 2.55 bits per heavy atom. The summed E-state index contributed by atoms with van der Waals surface area (Å²) in [7, 11) is 0. The van der Waals surface area contributed by atoms with Gasteiger partial charge in [0.1, 0.15) is 0 Å². The second-order valence-electron chi connectivity index (χ2n) is 4.33. The van der Waals surface area contributed by atoms with E-state index in [4.69, 9.17) is 23.2 Å². The topological polar surface area (TPSA) is 58.2 Å². The van der Waals surface area contributed by atoms with Crippen molar-refractivity contribution < 1.29 is 9.59 Å². The van der Waals surface area contributed by atoms with Crippen molar-refractivity contribution in [3.05, 3.63) is 62.5 Å². The Morgan fingerprint density at radius 2 is 1.82 bits per heavy atom. The highest BCUT2D eigenvalue weighted by atomic mass is 79.9. The first-order valence-corrected chi connectivity index (χ1v) is 7.80. The van der Waals surface area contributed by atoms with Crippen LogP contribution in [0, 0.1) is 0 Å². The molecule has 4 nitrogen and oxygen atoms in total. The average Bonchev–Trinajstić information content (AvgIpc) is 2.49. The minimum absolute atomic E-state index is 0.178. The molecule has 0 aliphatic carbocycles. The molecule has 0 saturated heterocycles. The second-order valence-corrected chi connectivity index (χ2v) is 6.03. The lowest BCUT2D eigenvalue weighted by atomic mass is 10.2. The van der Waals surface area contributed by atoms with Gasteiger partial charge in [-0.05, 0) is 46.3 Å². The molecule has 114 valence electrons. The summed E-state index contributed by atoms with van der Waals surface area (Å²) in [4.78, 5) is 23.8. The number of nitrogens with one attached hydrogen (secondary N) is 2. The van der Waals surface area contributed by atoms with Crippen molar-refractivity contribution in [2.75, 3.05) is 11.9 Å². The van der Waals surface area contributed by atoms with E-state index in [0.29, 0.717) is 25.8 Å². The maximum atomic E-state index is 12.0. The zero-order valence-electron chi connectivity index (χ0n) is 11.2. The van der Waals surface area contributed by atoms with Gasteiger partial charge in [0.05, 0.1) is 22.8 Å². The van der Waals surface area contributed by atoms with E-state index in [0.717, 1.165) is 0 Å². The summed E-state index contributed by atoms with van der Waals surface area (Å²) in [6.07, 6.45) is 0. The lowest BCUT2D eigenvalue weighted by Crippen LogP contribution is -2.33. The first-order chi connectivity index (χ1) is 10.5. The maximum absolute atomic E-state index is 12.0. The van der Waals surface area contributed by atoms with Gasteiger partial charge in [0, 0.05) is 9.50 Å². The molecule has 0 radical (unpaired) electrons. The number of halogens is 3. The van der Waals surface area contributed by atoms with Crippen molar-refractivity contribution in [1.82, 2.24) is 5.32 Å². The Kier molecular flexibility index (Phi) is 5.83. The molecule has 2 aromatic rings. The molecule has 0 aromatic heterocycles. The molecule has 7 heteroatoms. The Hall–Kier alpha value is -1.56. The normalized spacial score (nSPS) is 10.1. The van der Waals surface area contributed by atoms with Crippen LogP contribution < -0.4 is 10.6 Å². The quantitative estimate of drug-likeness (QED) is 0.809. The van der Waals surface area contributed by atoms with E-state index in [9.17, 15) is 9.59 Å². The van der Waals surface area contributed by atoms with Crippen molar-refractivity contribution in [2.24, 2.45) is 0 Å². The van der Waals surface area contributed by atoms with E-state index in [2.05, 4.69) is 26.6 Å². The second kappa shape index (κ2) is 7.63. The lowest BCUT2D eigenvalue weighted by molar-refractivity contribution is -0.115. The van der Waals surface area contributed by atoms with Gasteiger partial charge in [-0.3, -0.25) is 9.59 Å². The van der Waals surface area contributed by atoms with Gasteiger partial charge in [0.2, 0.25) is 5.91 Å². The van der Waals surface area contributed by atoms with Crippen LogP contribution in [0.3, 0.4) is 0 Å². The molecule has 2 N–H and O–H groups in total. The van der Waals surface area contributed by atoms with Crippen LogP contribution in [0.1, 0.15) is 10.4 Å². The summed E-state index contributed by atoms with van der Waals surface area (Å²) in [5.41, 5.74) is 0.852. The van der Waals surface area contributed by atoms with E-state index in [1.165, 1.54) is 6.07 Å². The van der Waals surface area contributed by atoms with Crippen molar-refractivity contribution >= 4 is 56.6 Å². The van der Waals surface area contributed by atoms with E-state index in [-0.39, 0.29) is 12.5 Å². The molecule has 0 unspecified atom stereocenters. The minimum Gasteiger partial charge on any atom is -0.343 e. The largest absolute Gasteiger partial charge is 0.343 e. The molecule has 2 aromatic carbocycles. The number of hydrogen-bond acceptors (Lipinski definition) is 2. The van der Waals surface area contributed by atoms with E-state index in [1.807, 2.05) is 0 Å². The smallest absolute Gasteiger partial charge is 0.252 e. The summed E-state index contributed by atoms with van der Waals surface area (Å²) in [6, 6.07) is 11.7. The van der Waals surface area contributed by atoms with Crippen LogP contribution in [0.25, 0.3) is 0 Å². The fourth-order valence-corrected chi connectivity index (χ4v) is 2.49. The van der Waals surface area contributed by atoms with Crippen molar-refractivity contribution in [2.45, 2.75) is 0 Å². The van der Waals surface area contributed by atoms with E-state index >= 15 is 0 Å². The zero-order chi connectivity index (χ0) is 16.1. The third-order valence-corrected chi connectivity index (χ3v) is 3.99. The van der Waals surface area contributed by atoms with Crippen molar-refractivity contribution in [3.8, 4) is 0 Å². The molecule has 0 fully saturated rings. The highest BCUT2D eigenvalue weighted by Crippen LogP contribution is 2.25. The molecule has 0 bridgehead atoms. The van der Waals surface area contributed by atoms with Crippen LogP contribution in [0.15, 0.2) is 46.9 Å². The van der Waals surface area contributed by atoms with Gasteiger partial charge in [0.15, 0.2) is 0 Å². The van der Waals surface area contributed by atoms with Gasteiger partial charge in [-0.25, -0.2) is 0 Å². The molecular formula is C15H11BrCl2N2O2. The Labute approximate surface area is 145 Å². The summed E-state index contributed by atoms with van der Waals surface area (Å²) in [5, 5.41) is 5.95. The van der Waals surface area contributed by atoms with Gasteiger partial charge in [-0.1, -0.05) is 35.3 Å². The number of benzene rings is 2. The summed E-state index contributed by atoms with van der Waals surface area (Å²) < 4.78 is 0.658. The summed E-state index contributed by atoms with van der Waals surface area (Å²) >= 11 is 15.1. The Bertz CT molecular complexity index is 722. The van der Waals surface area contributed by atoms with Gasteiger partial charge >= 0.3 is 0 Å².